The molecular weight excluding hydrogens is 178 g/mol. The number of allylic oxidation sites excluding steroid dienone is 2. The first-order valence-electron chi connectivity index (χ1n) is 4.89. The Bertz CT molecular complexity index is 233. The monoisotopic (exact) mass is 197 g/mol. The average molecular weight is 197 g/mol. The number of hydrogen-bond donors (Lipinski definition) is 1. The first-order valence-corrected chi connectivity index (χ1v) is 4.89. The van der Waals surface area contributed by atoms with Crippen molar-refractivity contribution in [1.82, 2.24) is 0 Å². The number of Topliss-reactive ketones (excluding diaryl/α,β-unsaturated/α-hetero) is 2. The summed E-state index contributed by atoms with van der Waals surface area (Å²) >= 11 is 0. The molecule has 3 heteroatoms. The van der Waals surface area contributed by atoms with E-state index >= 15 is 0 Å². The van der Waals surface area contributed by atoms with Crippen LogP contribution in [0.5, 0.6) is 0 Å². The van der Waals surface area contributed by atoms with Gasteiger partial charge in [-0.1, -0.05) is 19.1 Å². The van der Waals surface area contributed by atoms with Crippen LogP contribution in [0.15, 0.2) is 12.2 Å². The van der Waals surface area contributed by atoms with Crippen molar-refractivity contribution in [1.29, 1.82) is 0 Å². The van der Waals surface area contributed by atoms with Crippen LogP contribution in [0.3, 0.4) is 0 Å². The Morgan fingerprint density at radius 3 is 2.43 bits per heavy atom. The molecule has 0 spiro atoms. The third-order valence-corrected chi connectivity index (χ3v) is 2.22. The number of carbonyl (C=O) groups is 2. The van der Waals surface area contributed by atoms with Gasteiger partial charge in [-0.25, -0.2) is 0 Å². The van der Waals surface area contributed by atoms with Gasteiger partial charge in [-0.3, -0.25) is 9.59 Å². The minimum Gasteiger partial charge on any atom is -0.321 e. The molecular formula is C11H19NO2. The second kappa shape index (κ2) is 6.49. The standard InChI is InChI=1S/C11H19NO2/c1-4-5-6-8(2)11(14)7-10(12)9(3)13/h4-5,8,10H,6-7,12H2,1-3H3. The van der Waals surface area contributed by atoms with Crippen molar-refractivity contribution in [3.63, 3.8) is 0 Å². The number of carbonyl (C=O) groups excluding carboxylic acids is 2. The maximum absolute atomic E-state index is 11.5. The van der Waals surface area contributed by atoms with Crippen LogP contribution in [0, 0.1) is 5.92 Å². The lowest BCUT2D eigenvalue weighted by Gasteiger charge is -2.10. The summed E-state index contributed by atoms with van der Waals surface area (Å²) in [6.07, 6.45) is 4.74. The van der Waals surface area contributed by atoms with Crippen LogP contribution >= 0.6 is 0 Å². The van der Waals surface area contributed by atoms with Crippen molar-refractivity contribution < 1.29 is 9.59 Å². The fourth-order valence-corrected chi connectivity index (χ4v) is 1.03. The molecule has 0 saturated heterocycles. The van der Waals surface area contributed by atoms with Crippen molar-refractivity contribution >= 4 is 11.6 Å². The molecule has 0 saturated carbocycles. The zero-order valence-corrected chi connectivity index (χ0v) is 9.12. The first kappa shape index (κ1) is 13.0. The highest BCUT2D eigenvalue weighted by atomic mass is 16.1. The molecule has 0 aliphatic heterocycles. The number of nitrogens with two attached hydrogens (primary N) is 1. The predicted molar refractivity (Wildman–Crippen MR) is 56.9 cm³/mol. The fourth-order valence-electron chi connectivity index (χ4n) is 1.03. The Labute approximate surface area is 85.4 Å². The van der Waals surface area contributed by atoms with Gasteiger partial charge < -0.3 is 5.73 Å². The molecule has 0 bridgehead atoms. The highest BCUT2D eigenvalue weighted by molar-refractivity contribution is 5.89. The number of hydrogen-bond acceptors (Lipinski definition) is 3. The minimum absolute atomic E-state index is 0.0448. The SMILES string of the molecule is CC=CCC(C)C(=O)CC(N)C(C)=O. The maximum atomic E-state index is 11.5. The molecule has 14 heavy (non-hydrogen) atoms. The van der Waals surface area contributed by atoms with E-state index in [0.29, 0.717) is 0 Å². The van der Waals surface area contributed by atoms with Gasteiger partial charge in [-0.15, -0.1) is 0 Å². The van der Waals surface area contributed by atoms with Gasteiger partial charge in [-0.05, 0) is 20.3 Å². The molecule has 80 valence electrons. The Hall–Kier alpha value is -0.960. The molecule has 0 rings (SSSR count). The second-order valence-electron chi connectivity index (χ2n) is 3.59. The maximum Gasteiger partial charge on any atom is 0.146 e. The van der Waals surface area contributed by atoms with Crippen LogP contribution in [-0.2, 0) is 9.59 Å². The van der Waals surface area contributed by atoms with E-state index in [1.165, 1.54) is 6.92 Å². The summed E-state index contributed by atoms with van der Waals surface area (Å²) in [4.78, 5) is 22.3. The van der Waals surface area contributed by atoms with Crippen LogP contribution in [0.25, 0.3) is 0 Å². The average Bonchev–Trinajstić information content (AvgIpc) is 2.13. The Morgan fingerprint density at radius 2 is 2.00 bits per heavy atom. The van der Waals surface area contributed by atoms with E-state index in [2.05, 4.69) is 0 Å². The summed E-state index contributed by atoms with van der Waals surface area (Å²) < 4.78 is 0. The molecule has 2 atom stereocenters. The lowest BCUT2D eigenvalue weighted by Crippen LogP contribution is -2.32. The summed E-state index contributed by atoms with van der Waals surface area (Å²) in [6, 6.07) is -0.629. The molecule has 3 nitrogen and oxygen atoms in total. The van der Waals surface area contributed by atoms with Gasteiger partial charge in [0.15, 0.2) is 0 Å². The smallest absolute Gasteiger partial charge is 0.146 e. The van der Waals surface area contributed by atoms with Crippen LogP contribution in [-0.4, -0.2) is 17.6 Å². The molecule has 0 aliphatic rings. The molecule has 0 aromatic carbocycles. The van der Waals surface area contributed by atoms with E-state index in [0.717, 1.165) is 6.42 Å². The molecule has 0 heterocycles. The largest absolute Gasteiger partial charge is 0.321 e. The molecule has 2 unspecified atom stereocenters. The van der Waals surface area contributed by atoms with Crippen molar-refractivity contribution in [2.24, 2.45) is 11.7 Å². The summed E-state index contributed by atoms with van der Waals surface area (Å²) in [7, 11) is 0. The lowest BCUT2D eigenvalue weighted by molar-refractivity contribution is -0.126. The molecule has 0 fully saturated rings. The van der Waals surface area contributed by atoms with Crippen molar-refractivity contribution in [3.05, 3.63) is 12.2 Å². The van der Waals surface area contributed by atoms with Crippen LogP contribution < -0.4 is 5.73 Å². The Morgan fingerprint density at radius 1 is 1.43 bits per heavy atom. The number of ketones is 2. The molecule has 0 aliphatic carbocycles. The van der Waals surface area contributed by atoms with E-state index in [-0.39, 0.29) is 23.9 Å². The van der Waals surface area contributed by atoms with Crippen LogP contribution in [0.2, 0.25) is 0 Å². The topological polar surface area (TPSA) is 60.2 Å². The molecule has 0 aromatic heterocycles. The van der Waals surface area contributed by atoms with Crippen molar-refractivity contribution in [2.45, 2.75) is 39.7 Å². The molecule has 2 N–H and O–H groups in total. The van der Waals surface area contributed by atoms with Gasteiger partial charge in [0.1, 0.15) is 11.6 Å². The van der Waals surface area contributed by atoms with Gasteiger partial charge in [0, 0.05) is 12.3 Å². The van der Waals surface area contributed by atoms with Gasteiger partial charge in [0.2, 0.25) is 0 Å². The summed E-state index contributed by atoms with van der Waals surface area (Å²) in [5, 5.41) is 0. The summed E-state index contributed by atoms with van der Waals surface area (Å²) in [6.45, 7) is 5.18. The van der Waals surface area contributed by atoms with Gasteiger partial charge >= 0.3 is 0 Å². The molecule has 0 amide bonds. The lowest BCUT2D eigenvalue weighted by atomic mass is 9.96. The van der Waals surface area contributed by atoms with Crippen LogP contribution in [0.1, 0.15) is 33.6 Å². The van der Waals surface area contributed by atoms with E-state index in [1.807, 2.05) is 26.0 Å². The molecule has 0 aromatic rings. The third-order valence-electron chi connectivity index (χ3n) is 2.22. The van der Waals surface area contributed by atoms with E-state index in [4.69, 9.17) is 5.73 Å². The fraction of sp³-hybridized carbons (Fsp3) is 0.636. The van der Waals surface area contributed by atoms with Crippen molar-refractivity contribution in [2.75, 3.05) is 0 Å². The first-order chi connectivity index (χ1) is 6.49. The summed E-state index contributed by atoms with van der Waals surface area (Å²) in [5.41, 5.74) is 5.50. The Kier molecular flexibility index (Phi) is 6.04. The predicted octanol–water partition coefficient (Wildman–Crippen LogP) is 1.46. The zero-order chi connectivity index (χ0) is 11.1. The van der Waals surface area contributed by atoms with Gasteiger partial charge in [0.25, 0.3) is 0 Å². The number of rotatable bonds is 6. The van der Waals surface area contributed by atoms with E-state index in [1.54, 1.807) is 0 Å². The normalized spacial score (nSPS) is 15.4. The zero-order valence-electron chi connectivity index (χ0n) is 9.12. The Balaban J connectivity index is 4.01. The van der Waals surface area contributed by atoms with Gasteiger partial charge in [0.05, 0.1) is 6.04 Å². The van der Waals surface area contributed by atoms with Gasteiger partial charge in [-0.2, -0.15) is 0 Å². The highest BCUT2D eigenvalue weighted by Crippen LogP contribution is 2.08. The molecule has 0 radical (unpaired) electrons. The quantitative estimate of drug-likeness (QED) is 0.656. The second-order valence-corrected chi connectivity index (χ2v) is 3.59. The highest BCUT2D eigenvalue weighted by Gasteiger charge is 2.17. The van der Waals surface area contributed by atoms with Crippen molar-refractivity contribution in [3.8, 4) is 0 Å². The minimum atomic E-state index is -0.629. The van der Waals surface area contributed by atoms with Crippen LogP contribution in [0.4, 0.5) is 0 Å². The van der Waals surface area contributed by atoms with E-state index < -0.39 is 6.04 Å². The van der Waals surface area contributed by atoms with E-state index in [9.17, 15) is 9.59 Å². The summed E-state index contributed by atoms with van der Waals surface area (Å²) in [5.74, 6) is -0.112. The third kappa shape index (κ3) is 4.92.